The molecule has 2 heterocycles. The molecule has 7 nitrogen and oxygen atoms in total. The Morgan fingerprint density at radius 2 is 2.05 bits per heavy atom. The van der Waals surface area contributed by atoms with E-state index in [4.69, 9.17) is 4.74 Å². The molecule has 0 saturated carbocycles. The summed E-state index contributed by atoms with van der Waals surface area (Å²) in [6, 6.07) is 7.37. The maximum atomic E-state index is 12.3. The monoisotopic (exact) mass is 315 g/mol. The Morgan fingerprint density at radius 1 is 1.27 bits per heavy atom. The van der Waals surface area contributed by atoms with Gasteiger partial charge < -0.3 is 4.74 Å². The molecule has 0 spiro atoms. The van der Waals surface area contributed by atoms with Gasteiger partial charge in [0.15, 0.2) is 0 Å². The van der Waals surface area contributed by atoms with Crippen molar-refractivity contribution >= 4 is 22.4 Å². The Bertz CT molecular complexity index is 794. The number of hydrogen-bond acceptors (Lipinski definition) is 6. The summed E-state index contributed by atoms with van der Waals surface area (Å²) in [5.74, 6) is 0.467. The van der Waals surface area contributed by atoms with Gasteiger partial charge in [0, 0.05) is 5.56 Å². The number of aromatic nitrogens is 4. The van der Waals surface area contributed by atoms with Crippen molar-refractivity contribution in [1.82, 2.24) is 20.4 Å². The van der Waals surface area contributed by atoms with Gasteiger partial charge in [-0.1, -0.05) is 11.3 Å². The van der Waals surface area contributed by atoms with Gasteiger partial charge in [-0.25, -0.2) is 0 Å². The lowest BCUT2D eigenvalue weighted by molar-refractivity contribution is 0.102. The summed E-state index contributed by atoms with van der Waals surface area (Å²) in [5, 5.41) is 18.5. The normalized spacial score (nSPS) is 10.5. The summed E-state index contributed by atoms with van der Waals surface area (Å²) in [6.45, 7) is 1.83. The Labute approximate surface area is 130 Å². The average Bonchev–Trinajstić information content (AvgIpc) is 3.16. The Balaban J connectivity index is 1.85. The molecule has 3 aromatic rings. The summed E-state index contributed by atoms with van der Waals surface area (Å²) in [5.41, 5.74) is 1.93. The van der Waals surface area contributed by atoms with Crippen molar-refractivity contribution in [3.63, 3.8) is 0 Å². The van der Waals surface area contributed by atoms with Crippen molar-refractivity contribution in [2.75, 3.05) is 12.4 Å². The highest BCUT2D eigenvalue weighted by Gasteiger charge is 2.16. The number of methoxy groups -OCH3 is 1. The van der Waals surface area contributed by atoms with Gasteiger partial charge in [-0.2, -0.15) is 5.10 Å². The molecule has 0 aliphatic carbocycles. The molecule has 2 N–H and O–H groups in total. The average molecular weight is 315 g/mol. The minimum Gasteiger partial charge on any atom is -0.497 e. The van der Waals surface area contributed by atoms with E-state index in [9.17, 15) is 4.79 Å². The molecule has 0 fully saturated rings. The highest BCUT2D eigenvalue weighted by atomic mass is 32.1. The zero-order chi connectivity index (χ0) is 15.5. The third-order valence-electron chi connectivity index (χ3n) is 3.01. The third kappa shape index (κ3) is 2.82. The van der Waals surface area contributed by atoms with Crippen molar-refractivity contribution < 1.29 is 9.53 Å². The molecule has 0 aliphatic rings. The standard InChI is InChI=1S/C14H13N5O2S/c1-8-17-19-14(22-8)16-13(20)11-7-15-18-12(11)9-3-5-10(21-2)6-4-9/h3-7H,1-2H3,(H,15,18)(H,16,19,20). The SMILES string of the molecule is COc1ccc(-c2[nH]ncc2C(=O)Nc2nnc(C)s2)cc1. The van der Waals surface area contributed by atoms with E-state index in [0.717, 1.165) is 16.3 Å². The Kier molecular flexibility index (Phi) is 3.84. The number of ether oxygens (including phenoxy) is 1. The first-order chi connectivity index (χ1) is 10.7. The number of hydrogen-bond donors (Lipinski definition) is 2. The van der Waals surface area contributed by atoms with Crippen LogP contribution in [-0.4, -0.2) is 33.4 Å². The number of rotatable bonds is 4. The molecule has 8 heteroatoms. The van der Waals surface area contributed by atoms with Gasteiger partial charge in [-0.3, -0.25) is 15.2 Å². The van der Waals surface area contributed by atoms with Crippen LogP contribution in [0.5, 0.6) is 5.75 Å². The minimum absolute atomic E-state index is 0.282. The van der Waals surface area contributed by atoms with Crippen LogP contribution < -0.4 is 10.1 Å². The molecule has 1 amide bonds. The number of nitrogens with one attached hydrogen (secondary N) is 2. The summed E-state index contributed by atoms with van der Waals surface area (Å²) in [7, 11) is 1.61. The molecular formula is C14H13N5O2S. The predicted octanol–water partition coefficient (Wildman–Crippen LogP) is 2.50. The fourth-order valence-corrected chi connectivity index (χ4v) is 2.53. The van der Waals surface area contributed by atoms with Crippen LogP contribution in [0, 0.1) is 6.92 Å². The number of anilines is 1. The molecule has 0 aliphatic heterocycles. The first-order valence-electron chi connectivity index (χ1n) is 6.46. The summed E-state index contributed by atoms with van der Waals surface area (Å²) < 4.78 is 5.13. The second kappa shape index (κ2) is 5.94. The molecule has 0 atom stereocenters. The highest BCUT2D eigenvalue weighted by Crippen LogP contribution is 2.24. The summed E-state index contributed by atoms with van der Waals surface area (Å²) >= 11 is 1.32. The third-order valence-corrected chi connectivity index (χ3v) is 3.76. The fraction of sp³-hybridized carbons (Fsp3) is 0.143. The first kappa shape index (κ1) is 14.2. The minimum atomic E-state index is -0.282. The van der Waals surface area contributed by atoms with Crippen LogP contribution in [0.15, 0.2) is 30.5 Å². The molecule has 112 valence electrons. The van der Waals surface area contributed by atoms with Gasteiger partial charge in [0.25, 0.3) is 5.91 Å². The van der Waals surface area contributed by atoms with Crippen molar-refractivity contribution in [2.45, 2.75) is 6.92 Å². The number of amides is 1. The zero-order valence-electron chi connectivity index (χ0n) is 12.0. The van der Waals surface area contributed by atoms with E-state index in [1.165, 1.54) is 17.5 Å². The molecule has 0 bridgehead atoms. The second-order valence-corrected chi connectivity index (χ2v) is 5.65. The molecular weight excluding hydrogens is 302 g/mol. The highest BCUT2D eigenvalue weighted by molar-refractivity contribution is 7.15. The number of H-pyrrole nitrogens is 1. The Hall–Kier alpha value is -2.74. The topological polar surface area (TPSA) is 92.8 Å². The number of aryl methyl sites for hydroxylation is 1. The second-order valence-electron chi connectivity index (χ2n) is 4.47. The largest absolute Gasteiger partial charge is 0.497 e. The van der Waals surface area contributed by atoms with Crippen molar-refractivity contribution in [3.05, 3.63) is 41.0 Å². The molecule has 22 heavy (non-hydrogen) atoms. The lowest BCUT2D eigenvalue weighted by Crippen LogP contribution is -2.12. The maximum absolute atomic E-state index is 12.3. The van der Waals surface area contributed by atoms with Gasteiger partial charge in [0.1, 0.15) is 10.8 Å². The van der Waals surface area contributed by atoms with Crippen LogP contribution in [-0.2, 0) is 0 Å². The summed E-state index contributed by atoms with van der Waals surface area (Å²) in [6.07, 6.45) is 1.49. The first-order valence-corrected chi connectivity index (χ1v) is 7.28. The number of aromatic amines is 1. The van der Waals surface area contributed by atoms with Crippen molar-refractivity contribution in [1.29, 1.82) is 0 Å². The Morgan fingerprint density at radius 3 is 2.68 bits per heavy atom. The quantitative estimate of drug-likeness (QED) is 0.771. The zero-order valence-corrected chi connectivity index (χ0v) is 12.8. The lowest BCUT2D eigenvalue weighted by atomic mass is 10.1. The van der Waals surface area contributed by atoms with E-state index in [1.807, 2.05) is 31.2 Å². The van der Waals surface area contributed by atoms with E-state index in [-0.39, 0.29) is 5.91 Å². The molecule has 1 aromatic carbocycles. The van der Waals surface area contributed by atoms with Gasteiger partial charge in [0.05, 0.1) is 24.6 Å². The number of carbonyl (C=O) groups is 1. The lowest BCUT2D eigenvalue weighted by Gasteiger charge is -2.04. The number of benzene rings is 1. The van der Waals surface area contributed by atoms with E-state index in [0.29, 0.717) is 16.4 Å². The van der Waals surface area contributed by atoms with Gasteiger partial charge in [-0.15, -0.1) is 10.2 Å². The summed E-state index contributed by atoms with van der Waals surface area (Å²) in [4.78, 5) is 12.3. The van der Waals surface area contributed by atoms with Crippen molar-refractivity contribution in [3.8, 4) is 17.0 Å². The van der Waals surface area contributed by atoms with Crippen LogP contribution in [0.4, 0.5) is 5.13 Å². The van der Waals surface area contributed by atoms with Crippen LogP contribution in [0.25, 0.3) is 11.3 Å². The van der Waals surface area contributed by atoms with E-state index in [2.05, 4.69) is 25.7 Å². The number of carbonyl (C=O) groups excluding carboxylic acids is 1. The fourth-order valence-electron chi connectivity index (χ4n) is 1.95. The maximum Gasteiger partial charge on any atom is 0.261 e. The van der Waals surface area contributed by atoms with Crippen LogP contribution >= 0.6 is 11.3 Å². The van der Waals surface area contributed by atoms with Gasteiger partial charge >= 0.3 is 0 Å². The van der Waals surface area contributed by atoms with Gasteiger partial charge in [-0.05, 0) is 31.2 Å². The van der Waals surface area contributed by atoms with Crippen LogP contribution in [0.1, 0.15) is 15.4 Å². The molecule has 0 saturated heterocycles. The smallest absolute Gasteiger partial charge is 0.261 e. The van der Waals surface area contributed by atoms with Crippen LogP contribution in [0.3, 0.4) is 0 Å². The molecule has 2 aromatic heterocycles. The number of nitrogens with zero attached hydrogens (tertiary/aromatic N) is 3. The predicted molar refractivity (Wildman–Crippen MR) is 83.2 cm³/mol. The molecule has 0 unspecified atom stereocenters. The van der Waals surface area contributed by atoms with Crippen molar-refractivity contribution in [2.24, 2.45) is 0 Å². The van der Waals surface area contributed by atoms with E-state index < -0.39 is 0 Å². The van der Waals surface area contributed by atoms with E-state index in [1.54, 1.807) is 7.11 Å². The molecule has 3 rings (SSSR count). The van der Waals surface area contributed by atoms with Crippen LogP contribution in [0.2, 0.25) is 0 Å². The van der Waals surface area contributed by atoms with E-state index >= 15 is 0 Å². The molecule has 0 radical (unpaired) electrons. The van der Waals surface area contributed by atoms with Gasteiger partial charge in [0.2, 0.25) is 5.13 Å².